The summed E-state index contributed by atoms with van der Waals surface area (Å²) < 4.78 is 13.1. The molecule has 1 aromatic rings. The largest absolute Gasteiger partial charge is 0.505 e. The van der Waals surface area contributed by atoms with Gasteiger partial charge < -0.3 is 10.4 Å². The lowest BCUT2D eigenvalue weighted by Crippen LogP contribution is -2.21. The molecule has 2 N–H and O–H groups in total. The van der Waals surface area contributed by atoms with Gasteiger partial charge in [0, 0.05) is 12.6 Å². The summed E-state index contributed by atoms with van der Waals surface area (Å²) in [6.45, 7) is 9.59. The molecule has 94 valence electrons. The zero-order valence-corrected chi connectivity index (χ0v) is 10.8. The zero-order valence-electron chi connectivity index (χ0n) is 10.8. The van der Waals surface area contributed by atoms with E-state index in [1.54, 1.807) is 6.07 Å². The Morgan fingerprint density at radius 3 is 2.29 bits per heavy atom. The molecule has 17 heavy (non-hydrogen) atoms. The molecule has 0 aromatic heterocycles. The molecule has 3 heteroatoms. The highest BCUT2D eigenvalue weighted by molar-refractivity contribution is 5.28. The van der Waals surface area contributed by atoms with Gasteiger partial charge >= 0.3 is 0 Å². The number of aromatic hydroxyl groups is 1. The molecule has 0 spiro atoms. The molecule has 0 radical (unpaired) electrons. The molecule has 0 saturated heterocycles. The Morgan fingerprint density at radius 1 is 1.24 bits per heavy atom. The van der Waals surface area contributed by atoms with E-state index in [1.807, 2.05) is 0 Å². The van der Waals surface area contributed by atoms with Crippen LogP contribution in [-0.4, -0.2) is 11.1 Å². The van der Waals surface area contributed by atoms with Crippen LogP contribution in [-0.2, 0) is 6.54 Å². The van der Waals surface area contributed by atoms with Crippen molar-refractivity contribution in [1.82, 2.24) is 5.32 Å². The summed E-state index contributed by atoms with van der Waals surface area (Å²) in [5.41, 5.74) is 1.42. The lowest BCUT2D eigenvalue weighted by Gasteiger charge is -2.07. The molecule has 1 fully saturated rings. The highest BCUT2D eigenvalue weighted by atomic mass is 19.1. The van der Waals surface area contributed by atoms with Gasteiger partial charge in [0.2, 0.25) is 0 Å². The minimum atomic E-state index is -0.557. The summed E-state index contributed by atoms with van der Waals surface area (Å²) in [5, 5.41) is 12.6. The Labute approximate surface area is 102 Å². The first-order valence-electron chi connectivity index (χ1n) is 5.97. The Bertz CT molecular complexity index is 426. The van der Waals surface area contributed by atoms with Crippen molar-refractivity contribution in [2.45, 2.75) is 40.3 Å². The van der Waals surface area contributed by atoms with Gasteiger partial charge in [-0.25, -0.2) is 4.39 Å². The van der Waals surface area contributed by atoms with Crippen LogP contribution in [0.2, 0.25) is 0 Å². The van der Waals surface area contributed by atoms with E-state index in [9.17, 15) is 4.39 Å². The van der Waals surface area contributed by atoms with Gasteiger partial charge in [0.1, 0.15) is 0 Å². The van der Waals surface area contributed by atoms with Gasteiger partial charge in [-0.1, -0.05) is 33.8 Å². The SMILES string of the molecule is CC1(C)C(NCc2ccc(O)c(F)c2)C1(C)C. The van der Waals surface area contributed by atoms with E-state index in [0.717, 1.165) is 5.56 Å². The molecule has 1 saturated carbocycles. The predicted octanol–water partition coefficient (Wildman–Crippen LogP) is 3.06. The summed E-state index contributed by atoms with van der Waals surface area (Å²) in [6.07, 6.45) is 0. The molecule has 0 atom stereocenters. The first-order valence-corrected chi connectivity index (χ1v) is 5.97. The van der Waals surface area contributed by atoms with Gasteiger partial charge in [-0.2, -0.15) is 0 Å². The van der Waals surface area contributed by atoms with Gasteiger partial charge in [0.15, 0.2) is 11.6 Å². The number of nitrogens with one attached hydrogen (secondary N) is 1. The topological polar surface area (TPSA) is 32.3 Å². The molecular formula is C14H20FNO. The van der Waals surface area contributed by atoms with Gasteiger partial charge in [0.05, 0.1) is 0 Å². The van der Waals surface area contributed by atoms with Crippen LogP contribution in [0.25, 0.3) is 0 Å². The number of rotatable bonds is 3. The van der Waals surface area contributed by atoms with Crippen molar-refractivity contribution in [2.24, 2.45) is 10.8 Å². The van der Waals surface area contributed by atoms with Crippen molar-refractivity contribution < 1.29 is 9.50 Å². The average Bonchev–Trinajstić information content (AvgIpc) is 2.61. The minimum Gasteiger partial charge on any atom is -0.505 e. The monoisotopic (exact) mass is 237 g/mol. The number of benzene rings is 1. The maximum absolute atomic E-state index is 13.1. The Kier molecular flexibility index (Phi) is 2.69. The number of hydrogen-bond donors (Lipinski definition) is 2. The second kappa shape index (κ2) is 3.70. The van der Waals surface area contributed by atoms with Crippen LogP contribution in [0.15, 0.2) is 18.2 Å². The number of halogens is 1. The molecule has 1 aliphatic rings. The fraction of sp³-hybridized carbons (Fsp3) is 0.571. The lowest BCUT2D eigenvalue weighted by atomic mass is 10.0. The fourth-order valence-electron chi connectivity index (χ4n) is 2.59. The van der Waals surface area contributed by atoms with Crippen molar-refractivity contribution in [2.75, 3.05) is 0 Å². The van der Waals surface area contributed by atoms with Crippen LogP contribution in [0, 0.1) is 16.6 Å². The standard InChI is InChI=1S/C14H20FNO/c1-13(2)12(14(13,3)4)16-8-9-5-6-11(17)10(15)7-9/h5-7,12,16-17H,8H2,1-4H3. The summed E-state index contributed by atoms with van der Waals surface area (Å²) in [5.74, 6) is -0.848. The van der Waals surface area contributed by atoms with Crippen LogP contribution in [0.3, 0.4) is 0 Å². The van der Waals surface area contributed by atoms with Crippen LogP contribution >= 0.6 is 0 Å². The van der Waals surface area contributed by atoms with E-state index in [0.29, 0.717) is 12.6 Å². The van der Waals surface area contributed by atoms with Crippen molar-refractivity contribution in [1.29, 1.82) is 0 Å². The Hall–Kier alpha value is -1.09. The fourth-order valence-corrected chi connectivity index (χ4v) is 2.59. The molecule has 2 rings (SSSR count). The predicted molar refractivity (Wildman–Crippen MR) is 66.3 cm³/mol. The smallest absolute Gasteiger partial charge is 0.165 e. The Morgan fingerprint density at radius 2 is 1.82 bits per heavy atom. The van der Waals surface area contributed by atoms with Gasteiger partial charge in [-0.15, -0.1) is 0 Å². The normalized spacial score (nSPS) is 21.5. The summed E-state index contributed by atoms with van der Waals surface area (Å²) >= 11 is 0. The van der Waals surface area contributed by atoms with Crippen molar-refractivity contribution in [3.63, 3.8) is 0 Å². The lowest BCUT2D eigenvalue weighted by molar-refractivity contribution is 0.431. The second-order valence-electron chi connectivity index (χ2n) is 6.04. The maximum Gasteiger partial charge on any atom is 0.165 e. The van der Waals surface area contributed by atoms with Crippen LogP contribution in [0.5, 0.6) is 5.75 Å². The molecule has 1 aliphatic carbocycles. The van der Waals surface area contributed by atoms with E-state index >= 15 is 0 Å². The van der Waals surface area contributed by atoms with Gasteiger partial charge in [-0.05, 0) is 28.5 Å². The third kappa shape index (κ3) is 1.93. The molecule has 0 unspecified atom stereocenters. The molecular weight excluding hydrogens is 217 g/mol. The maximum atomic E-state index is 13.1. The molecule has 1 aromatic carbocycles. The minimum absolute atomic E-state index is 0.280. The number of phenolic OH excluding ortho intramolecular Hbond substituents is 1. The van der Waals surface area contributed by atoms with Crippen molar-refractivity contribution >= 4 is 0 Å². The number of phenols is 1. The van der Waals surface area contributed by atoms with Gasteiger partial charge in [-0.3, -0.25) is 0 Å². The highest BCUT2D eigenvalue weighted by Crippen LogP contribution is 2.62. The van der Waals surface area contributed by atoms with E-state index < -0.39 is 5.82 Å². The molecule has 0 bridgehead atoms. The first kappa shape index (κ1) is 12.4. The summed E-state index contributed by atoms with van der Waals surface area (Å²) in [4.78, 5) is 0. The van der Waals surface area contributed by atoms with Crippen LogP contribution in [0.1, 0.15) is 33.3 Å². The van der Waals surface area contributed by atoms with E-state index in [-0.39, 0.29) is 16.6 Å². The van der Waals surface area contributed by atoms with Crippen LogP contribution < -0.4 is 5.32 Å². The van der Waals surface area contributed by atoms with E-state index in [4.69, 9.17) is 5.11 Å². The molecule has 0 amide bonds. The Balaban J connectivity index is 1.98. The summed E-state index contributed by atoms with van der Waals surface area (Å²) in [6, 6.07) is 4.97. The third-order valence-electron chi connectivity index (χ3n) is 4.54. The quantitative estimate of drug-likeness (QED) is 0.846. The van der Waals surface area contributed by atoms with E-state index in [2.05, 4.69) is 33.0 Å². The molecule has 0 heterocycles. The summed E-state index contributed by atoms with van der Waals surface area (Å²) in [7, 11) is 0. The average molecular weight is 237 g/mol. The first-order chi connectivity index (χ1) is 7.76. The molecule has 2 nitrogen and oxygen atoms in total. The highest BCUT2D eigenvalue weighted by Gasteiger charge is 2.64. The van der Waals surface area contributed by atoms with Crippen molar-refractivity contribution in [3.05, 3.63) is 29.6 Å². The zero-order chi connectivity index (χ0) is 12.8. The number of hydrogen-bond acceptors (Lipinski definition) is 2. The van der Waals surface area contributed by atoms with Crippen LogP contribution in [0.4, 0.5) is 4.39 Å². The second-order valence-corrected chi connectivity index (χ2v) is 6.04. The van der Waals surface area contributed by atoms with Crippen molar-refractivity contribution in [3.8, 4) is 5.75 Å². The molecule has 0 aliphatic heterocycles. The van der Waals surface area contributed by atoms with Gasteiger partial charge in [0.25, 0.3) is 0 Å². The third-order valence-corrected chi connectivity index (χ3v) is 4.54. The van der Waals surface area contributed by atoms with E-state index in [1.165, 1.54) is 12.1 Å².